The van der Waals surface area contributed by atoms with E-state index < -0.39 is 0 Å². The Balaban J connectivity index is 2.67. The van der Waals surface area contributed by atoms with Crippen molar-refractivity contribution < 1.29 is 9.84 Å². The lowest BCUT2D eigenvalue weighted by molar-refractivity contribution is 0.235. The fraction of sp³-hybridized carbons (Fsp3) is 0.538. The van der Waals surface area contributed by atoms with Gasteiger partial charge in [-0.1, -0.05) is 32.0 Å². The number of hydrogen-bond acceptors (Lipinski definition) is 2. The Kier molecular flexibility index (Phi) is 5.19. The molecule has 1 N–H and O–H groups in total. The van der Waals surface area contributed by atoms with E-state index in [0.717, 1.165) is 25.2 Å². The van der Waals surface area contributed by atoms with E-state index in [0.29, 0.717) is 0 Å². The van der Waals surface area contributed by atoms with Crippen LogP contribution in [0.5, 0.6) is 5.75 Å². The van der Waals surface area contributed by atoms with Crippen molar-refractivity contribution in [2.45, 2.75) is 26.7 Å². The van der Waals surface area contributed by atoms with Gasteiger partial charge in [0.2, 0.25) is 0 Å². The van der Waals surface area contributed by atoms with Gasteiger partial charge < -0.3 is 9.84 Å². The van der Waals surface area contributed by atoms with Crippen LogP contribution in [0.15, 0.2) is 24.3 Å². The third kappa shape index (κ3) is 3.92. The number of rotatable bonds is 6. The van der Waals surface area contributed by atoms with E-state index in [1.165, 1.54) is 5.56 Å². The molecular formula is C13H20O2. The lowest BCUT2D eigenvalue weighted by atomic mass is 10.0. The minimum atomic E-state index is 0.224. The molecule has 0 aliphatic heterocycles. The molecule has 0 saturated heterocycles. The second-order valence-electron chi connectivity index (χ2n) is 3.95. The van der Waals surface area contributed by atoms with Crippen molar-refractivity contribution >= 4 is 0 Å². The molecule has 0 aromatic heterocycles. The van der Waals surface area contributed by atoms with Gasteiger partial charge in [0, 0.05) is 6.61 Å². The predicted molar refractivity (Wildman–Crippen MR) is 62.2 cm³/mol. The summed E-state index contributed by atoms with van der Waals surface area (Å²) in [6.07, 6.45) is 1.89. The number of hydrogen-bond donors (Lipinski definition) is 1. The SMILES string of the molecule is CCCOc1ccccc1CC(C)CO. The van der Waals surface area contributed by atoms with Crippen molar-refractivity contribution in [1.82, 2.24) is 0 Å². The fourth-order valence-electron chi connectivity index (χ4n) is 1.47. The van der Waals surface area contributed by atoms with E-state index in [4.69, 9.17) is 9.84 Å². The van der Waals surface area contributed by atoms with Gasteiger partial charge in [-0.2, -0.15) is 0 Å². The normalized spacial score (nSPS) is 12.5. The van der Waals surface area contributed by atoms with Crippen molar-refractivity contribution in [2.75, 3.05) is 13.2 Å². The van der Waals surface area contributed by atoms with Gasteiger partial charge in [0.05, 0.1) is 6.61 Å². The van der Waals surface area contributed by atoms with Gasteiger partial charge in [0.15, 0.2) is 0 Å². The fourth-order valence-corrected chi connectivity index (χ4v) is 1.47. The number of para-hydroxylation sites is 1. The molecule has 0 bridgehead atoms. The molecular weight excluding hydrogens is 188 g/mol. The number of ether oxygens (including phenoxy) is 1. The Hall–Kier alpha value is -1.02. The Labute approximate surface area is 91.9 Å². The van der Waals surface area contributed by atoms with Gasteiger partial charge in [-0.3, -0.25) is 0 Å². The van der Waals surface area contributed by atoms with Crippen LogP contribution >= 0.6 is 0 Å². The Bertz CT molecular complexity index is 284. The third-order valence-electron chi connectivity index (χ3n) is 2.31. The highest BCUT2D eigenvalue weighted by Gasteiger charge is 2.07. The first kappa shape index (κ1) is 12.1. The zero-order chi connectivity index (χ0) is 11.1. The largest absolute Gasteiger partial charge is 0.493 e. The summed E-state index contributed by atoms with van der Waals surface area (Å²) in [5.74, 6) is 1.25. The molecule has 0 amide bonds. The van der Waals surface area contributed by atoms with E-state index in [1.54, 1.807) is 0 Å². The van der Waals surface area contributed by atoms with E-state index >= 15 is 0 Å². The second kappa shape index (κ2) is 6.46. The highest BCUT2D eigenvalue weighted by molar-refractivity contribution is 5.33. The quantitative estimate of drug-likeness (QED) is 0.778. The average Bonchev–Trinajstić information content (AvgIpc) is 2.28. The molecule has 1 unspecified atom stereocenters. The van der Waals surface area contributed by atoms with Crippen LogP contribution in [0.2, 0.25) is 0 Å². The summed E-state index contributed by atoms with van der Waals surface area (Å²) < 4.78 is 5.65. The molecule has 0 spiro atoms. The summed E-state index contributed by atoms with van der Waals surface area (Å²) in [5.41, 5.74) is 1.19. The number of aliphatic hydroxyl groups is 1. The van der Waals surface area contributed by atoms with Crippen LogP contribution in [0.1, 0.15) is 25.8 Å². The van der Waals surface area contributed by atoms with Crippen LogP contribution < -0.4 is 4.74 Å². The monoisotopic (exact) mass is 208 g/mol. The maximum Gasteiger partial charge on any atom is 0.122 e. The number of aliphatic hydroxyl groups excluding tert-OH is 1. The summed E-state index contributed by atoms with van der Waals surface area (Å²) in [5, 5.41) is 9.02. The van der Waals surface area contributed by atoms with Crippen LogP contribution in [-0.2, 0) is 6.42 Å². The van der Waals surface area contributed by atoms with E-state index in [-0.39, 0.29) is 12.5 Å². The Morgan fingerprint density at radius 1 is 1.33 bits per heavy atom. The first-order valence-corrected chi connectivity index (χ1v) is 5.59. The van der Waals surface area contributed by atoms with Gasteiger partial charge in [0.25, 0.3) is 0 Å². The van der Waals surface area contributed by atoms with Gasteiger partial charge in [-0.15, -0.1) is 0 Å². The molecule has 2 nitrogen and oxygen atoms in total. The van der Waals surface area contributed by atoms with Crippen LogP contribution in [0.4, 0.5) is 0 Å². The molecule has 1 aromatic carbocycles. The first-order valence-electron chi connectivity index (χ1n) is 5.59. The Morgan fingerprint density at radius 2 is 2.07 bits per heavy atom. The molecule has 0 radical (unpaired) electrons. The summed E-state index contributed by atoms with van der Waals surface area (Å²) >= 11 is 0. The van der Waals surface area contributed by atoms with Crippen LogP contribution in [0.25, 0.3) is 0 Å². The average molecular weight is 208 g/mol. The molecule has 0 heterocycles. The molecule has 2 heteroatoms. The maximum absolute atomic E-state index is 9.02. The molecule has 1 aromatic rings. The van der Waals surface area contributed by atoms with Crippen molar-refractivity contribution in [3.05, 3.63) is 29.8 Å². The molecule has 0 aliphatic rings. The molecule has 0 saturated carbocycles. The molecule has 1 rings (SSSR count). The topological polar surface area (TPSA) is 29.5 Å². The summed E-state index contributed by atoms with van der Waals surface area (Å²) in [6.45, 7) is 5.11. The maximum atomic E-state index is 9.02. The zero-order valence-electron chi connectivity index (χ0n) is 9.57. The molecule has 1 atom stereocenters. The van der Waals surface area contributed by atoms with E-state index in [2.05, 4.69) is 13.0 Å². The standard InChI is InChI=1S/C13H20O2/c1-3-8-15-13-7-5-4-6-12(13)9-11(2)10-14/h4-7,11,14H,3,8-10H2,1-2H3. The lowest BCUT2D eigenvalue weighted by Crippen LogP contribution is -2.06. The first-order chi connectivity index (χ1) is 7.27. The predicted octanol–water partition coefficient (Wildman–Crippen LogP) is 2.65. The summed E-state index contributed by atoms with van der Waals surface area (Å²) in [4.78, 5) is 0. The van der Waals surface area contributed by atoms with Gasteiger partial charge in [-0.25, -0.2) is 0 Å². The highest BCUT2D eigenvalue weighted by atomic mass is 16.5. The third-order valence-corrected chi connectivity index (χ3v) is 2.31. The van der Waals surface area contributed by atoms with Crippen LogP contribution in [0.3, 0.4) is 0 Å². The van der Waals surface area contributed by atoms with Gasteiger partial charge >= 0.3 is 0 Å². The highest BCUT2D eigenvalue weighted by Crippen LogP contribution is 2.21. The number of benzene rings is 1. The molecule has 0 aliphatic carbocycles. The second-order valence-corrected chi connectivity index (χ2v) is 3.95. The van der Waals surface area contributed by atoms with Gasteiger partial charge in [0.1, 0.15) is 5.75 Å². The smallest absolute Gasteiger partial charge is 0.122 e. The van der Waals surface area contributed by atoms with E-state index in [9.17, 15) is 0 Å². The van der Waals surface area contributed by atoms with Crippen LogP contribution in [0, 0.1) is 5.92 Å². The zero-order valence-corrected chi connectivity index (χ0v) is 9.57. The molecule has 0 fully saturated rings. The summed E-state index contributed by atoms with van der Waals surface area (Å²) in [6, 6.07) is 8.06. The van der Waals surface area contributed by atoms with Crippen molar-refractivity contribution in [1.29, 1.82) is 0 Å². The van der Waals surface area contributed by atoms with Crippen molar-refractivity contribution in [2.24, 2.45) is 5.92 Å². The van der Waals surface area contributed by atoms with Crippen LogP contribution in [-0.4, -0.2) is 18.3 Å². The van der Waals surface area contributed by atoms with Gasteiger partial charge in [-0.05, 0) is 30.4 Å². The lowest BCUT2D eigenvalue weighted by Gasteiger charge is -2.13. The molecule has 15 heavy (non-hydrogen) atoms. The minimum absolute atomic E-state index is 0.224. The summed E-state index contributed by atoms with van der Waals surface area (Å²) in [7, 11) is 0. The Morgan fingerprint density at radius 3 is 2.73 bits per heavy atom. The van der Waals surface area contributed by atoms with Crippen molar-refractivity contribution in [3.63, 3.8) is 0 Å². The van der Waals surface area contributed by atoms with E-state index in [1.807, 2.05) is 25.1 Å². The minimum Gasteiger partial charge on any atom is -0.493 e. The van der Waals surface area contributed by atoms with Crippen molar-refractivity contribution in [3.8, 4) is 5.75 Å². The molecule has 84 valence electrons.